The van der Waals surface area contributed by atoms with Gasteiger partial charge in [0.05, 0.1) is 0 Å². The summed E-state index contributed by atoms with van der Waals surface area (Å²) in [5.41, 5.74) is 0. The first-order valence-corrected chi connectivity index (χ1v) is 7.85. The molecule has 104 valence electrons. The Morgan fingerprint density at radius 3 is 2.74 bits per heavy atom. The van der Waals surface area contributed by atoms with Gasteiger partial charge in [-0.3, -0.25) is 4.79 Å². The maximum Gasteiger partial charge on any atom is 0.263 e. The minimum atomic E-state index is -0.411. The highest BCUT2D eigenvalue weighted by Gasteiger charge is 2.25. The van der Waals surface area contributed by atoms with Crippen molar-refractivity contribution >= 4 is 28.5 Å². The zero-order valence-electron chi connectivity index (χ0n) is 11.4. The van der Waals surface area contributed by atoms with Crippen molar-refractivity contribution in [3.8, 4) is 5.75 Å². The Labute approximate surface area is 128 Å². The number of halogens is 1. The molecule has 0 spiro atoms. The lowest BCUT2D eigenvalue weighted by Crippen LogP contribution is -2.44. The van der Waals surface area contributed by atoms with E-state index in [1.165, 1.54) is 0 Å². The lowest BCUT2D eigenvalue weighted by atomic mass is 9.99. The maximum absolute atomic E-state index is 12.3. The average molecular weight is 373 g/mol. The first kappa shape index (κ1) is 14.6. The molecule has 0 radical (unpaired) electrons. The summed E-state index contributed by atoms with van der Waals surface area (Å²) >= 11 is 2.24. The van der Waals surface area contributed by atoms with Gasteiger partial charge in [0.1, 0.15) is 5.75 Å². The summed E-state index contributed by atoms with van der Waals surface area (Å²) in [5.74, 6) is 1.60. The molecule has 1 aromatic rings. The van der Waals surface area contributed by atoms with E-state index < -0.39 is 6.10 Å². The normalized spacial score (nSPS) is 18.2. The number of likely N-dealkylation sites (tertiary alicyclic amines) is 1. The number of ether oxygens (including phenoxy) is 1. The van der Waals surface area contributed by atoms with Crippen LogP contribution in [-0.4, -0.2) is 30.0 Å². The topological polar surface area (TPSA) is 29.5 Å². The highest BCUT2D eigenvalue weighted by atomic mass is 127. The summed E-state index contributed by atoms with van der Waals surface area (Å²) in [5, 5.41) is 0. The fourth-order valence-corrected chi connectivity index (χ4v) is 2.80. The van der Waals surface area contributed by atoms with Crippen LogP contribution in [0, 0.1) is 9.49 Å². The molecule has 19 heavy (non-hydrogen) atoms. The summed E-state index contributed by atoms with van der Waals surface area (Å²) in [6.07, 6.45) is 1.79. The van der Waals surface area contributed by atoms with Gasteiger partial charge in [-0.05, 0) is 66.5 Å². The van der Waals surface area contributed by atoms with Gasteiger partial charge < -0.3 is 9.64 Å². The number of amides is 1. The third-order valence-electron chi connectivity index (χ3n) is 3.55. The number of carbonyl (C=O) groups excluding carboxylic acids is 1. The molecule has 2 rings (SSSR count). The van der Waals surface area contributed by atoms with E-state index in [2.05, 4.69) is 29.5 Å². The van der Waals surface area contributed by atoms with Gasteiger partial charge in [-0.2, -0.15) is 0 Å². The van der Waals surface area contributed by atoms with E-state index in [0.717, 1.165) is 41.2 Å². The SMILES string of the molecule is CC1CCN(C(=O)C(C)Oc2cccc(I)c2)CC1. The van der Waals surface area contributed by atoms with E-state index in [1.807, 2.05) is 36.1 Å². The van der Waals surface area contributed by atoms with Crippen molar-refractivity contribution < 1.29 is 9.53 Å². The second kappa shape index (κ2) is 6.59. The number of benzene rings is 1. The Hall–Kier alpha value is -0.780. The quantitative estimate of drug-likeness (QED) is 0.761. The molecule has 1 fully saturated rings. The van der Waals surface area contributed by atoms with Gasteiger partial charge >= 0.3 is 0 Å². The number of rotatable bonds is 3. The average Bonchev–Trinajstić information content (AvgIpc) is 2.39. The molecule has 0 saturated carbocycles. The second-order valence-corrected chi connectivity index (χ2v) is 6.47. The number of carbonyl (C=O) groups is 1. The van der Waals surface area contributed by atoms with Gasteiger partial charge in [0.2, 0.25) is 0 Å². The summed E-state index contributed by atoms with van der Waals surface area (Å²) in [4.78, 5) is 14.2. The zero-order chi connectivity index (χ0) is 13.8. The van der Waals surface area contributed by atoms with Crippen LogP contribution in [0.2, 0.25) is 0 Å². The molecular weight excluding hydrogens is 353 g/mol. The molecule has 1 aliphatic heterocycles. The molecule has 1 aliphatic rings. The molecule has 1 amide bonds. The van der Waals surface area contributed by atoms with Crippen molar-refractivity contribution in [2.75, 3.05) is 13.1 Å². The van der Waals surface area contributed by atoms with Gasteiger partial charge in [-0.15, -0.1) is 0 Å². The van der Waals surface area contributed by atoms with Crippen LogP contribution in [0.3, 0.4) is 0 Å². The van der Waals surface area contributed by atoms with Crippen molar-refractivity contribution in [3.63, 3.8) is 0 Å². The Kier molecular flexibility index (Phi) is 5.07. The number of piperidine rings is 1. The predicted molar refractivity (Wildman–Crippen MR) is 84.2 cm³/mol. The highest BCUT2D eigenvalue weighted by molar-refractivity contribution is 14.1. The van der Waals surface area contributed by atoms with E-state index in [9.17, 15) is 4.79 Å². The number of nitrogens with zero attached hydrogens (tertiary/aromatic N) is 1. The molecule has 1 saturated heterocycles. The molecule has 0 aliphatic carbocycles. The molecule has 0 bridgehead atoms. The Morgan fingerprint density at radius 1 is 1.42 bits per heavy atom. The van der Waals surface area contributed by atoms with E-state index in [1.54, 1.807) is 0 Å². The van der Waals surface area contributed by atoms with Gasteiger partial charge in [0.25, 0.3) is 5.91 Å². The molecule has 1 atom stereocenters. The first-order chi connectivity index (χ1) is 9.06. The van der Waals surface area contributed by atoms with Crippen LogP contribution in [0.15, 0.2) is 24.3 Å². The van der Waals surface area contributed by atoms with Crippen LogP contribution >= 0.6 is 22.6 Å². The van der Waals surface area contributed by atoms with Gasteiger partial charge in [-0.25, -0.2) is 0 Å². The van der Waals surface area contributed by atoms with Gasteiger partial charge in [0, 0.05) is 16.7 Å². The molecule has 1 unspecified atom stereocenters. The van der Waals surface area contributed by atoms with Crippen LogP contribution in [0.5, 0.6) is 5.75 Å². The lowest BCUT2D eigenvalue weighted by Gasteiger charge is -2.32. The van der Waals surface area contributed by atoms with Gasteiger partial charge in [-0.1, -0.05) is 13.0 Å². The van der Waals surface area contributed by atoms with Crippen molar-refractivity contribution in [2.45, 2.75) is 32.8 Å². The Balaban J connectivity index is 1.92. The molecule has 1 heterocycles. The van der Waals surface area contributed by atoms with Gasteiger partial charge in [0.15, 0.2) is 6.10 Å². The largest absolute Gasteiger partial charge is 0.481 e. The second-order valence-electron chi connectivity index (χ2n) is 5.23. The maximum atomic E-state index is 12.3. The van der Waals surface area contributed by atoms with Crippen molar-refractivity contribution in [2.24, 2.45) is 5.92 Å². The lowest BCUT2D eigenvalue weighted by molar-refractivity contribution is -0.139. The molecule has 0 aromatic heterocycles. The minimum Gasteiger partial charge on any atom is -0.481 e. The van der Waals surface area contributed by atoms with Crippen molar-refractivity contribution in [3.05, 3.63) is 27.8 Å². The number of hydrogen-bond acceptors (Lipinski definition) is 2. The minimum absolute atomic E-state index is 0.103. The van der Waals surface area contributed by atoms with E-state index in [0.29, 0.717) is 0 Å². The van der Waals surface area contributed by atoms with Crippen LogP contribution in [-0.2, 0) is 4.79 Å². The standard InChI is InChI=1S/C15H20INO2/c1-11-6-8-17(9-7-11)15(18)12(2)19-14-5-3-4-13(16)10-14/h3-5,10-12H,6-9H2,1-2H3. The summed E-state index contributed by atoms with van der Waals surface area (Å²) in [7, 11) is 0. The Bertz CT molecular complexity index is 442. The van der Waals surface area contributed by atoms with E-state index >= 15 is 0 Å². The molecular formula is C15H20INO2. The molecule has 0 N–H and O–H groups in total. The summed E-state index contributed by atoms with van der Waals surface area (Å²) < 4.78 is 6.85. The van der Waals surface area contributed by atoms with Crippen molar-refractivity contribution in [1.29, 1.82) is 0 Å². The van der Waals surface area contributed by atoms with Crippen LogP contribution < -0.4 is 4.74 Å². The third kappa shape index (κ3) is 4.09. The zero-order valence-corrected chi connectivity index (χ0v) is 13.6. The number of hydrogen-bond donors (Lipinski definition) is 0. The van der Waals surface area contributed by atoms with Crippen LogP contribution in [0.25, 0.3) is 0 Å². The predicted octanol–water partition coefficient (Wildman–Crippen LogP) is 3.32. The summed E-state index contributed by atoms with van der Waals surface area (Å²) in [6, 6.07) is 7.79. The summed E-state index contributed by atoms with van der Waals surface area (Å²) in [6.45, 7) is 5.80. The molecule has 3 nitrogen and oxygen atoms in total. The first-order valence-electron chi connectivity index (χ1n) is 6.77. The van der Waals surface area contributed by atoms with Crippen LogP contribution in [0.1, 0.15) is 26.7 Å². The van der Waals surface area contributed by atoms with E-state index in [-0.39, 0.29) is 5.91 Å². The molecule has 1 aromatic carbocycles. The van der Waals surface area contributed by atoms with Crippen LogP contribution in [0.4, 0.5) is 0 Å². The fourth-order valence-electron chi connectivity index (χ4n) is 2.28. The highest BCUT2D eigenvalue weighted by Crippen LogP contribution is 2.19. The van der Waals surface area contributed by atoms with Crippen molar-refractivity contribution in [1.82, 2.24) is 4.90 Å². The Morgan fingerprint density at radius 2 is 2.11 bits per heavy atom. The fraction of sp³-hybridized carbons (Fsp3) is 0.533. The third-order valence-corrected chi connectivity index (χ3v) is 4.22. The smallest absolute Gasteiger partial charge is 0.263 e. The van der Waals surface area contributed by atoms with E-state index in [4.69, 9.17) is 4.74 Å². The monoisotopic (exact) mass is 373 g/mol. The molecule has 4 heteroatoms.